The molecule has 0 atom stereocenters. The number of hydrogen-bond acceptors (Lipinski definition) is 6. The molecule has 33 heavy (non-hydrogen) atoms. The number of halogens is 1. The Hall–Kier alpha value is -4.29. The molecule has 0 saturated carbocycles. The van der Waals surface area contributed by atoms with Crippen molar-refractivity contribution in [3.8, 4) is 23.0 Å². The Morgan fingerprint density at radius 1 is 0.636 bits per heavy atom. The topological polar surface area (TPSA) is 105 Å². The molecule has 0 aromatic heterocycles. The number of carbonyl (C=O) groups excluding carboxylic acids is 2. The molecule has 4 N–H and O–H groups in total. The Balaban J connectivity index is 1.47. The van der Waals surface area contributed by atoms with E-state index in [1.165, 1.54) is 18.2 Å². The summed E-state index contributed by atoms with van der Waals surface area (Å²) in [5.41, 5.74) is 13.1. The molecule has 0 amide bonds. The van der Waals surface area contributed by atoms with E-state index in [2.05, 4.69) is 0 Å². The van der Waals surface area contributed by atoms with Gasteiger partial charge in [-0.3, -0.25) is 9.59 Å². The second-order valence-corrected chi connectivity index (χ2v) is 7.90. The summed E-state index contributed by atoms with van der Waals surface area (Å²) in [6.07, 6.45) is 0. The number of benzene rings is 4. The molecule has 0 heterocycles. The van der Waals surface area contributed by atoms with Crippen LogP contribution in [-0.4, -0.2) is 11.6 Å². The minimum Gasteiger partial charge on any atom is -0.457 e. The highest BCUT2D eigenvalue weighted by Gasteiger charge is 2.34. The van der Waals surface area contributed by atoms with E-state index in [1.54, 1.807) is 30.3 Å². The van der Waals surface area contributed by atoms with Crippen LogP contribution in [0.1, 0.15) is 31.8 Å². The van der Waals surface area contributed by atoms with Crippen molar-refractivity contribution in [3.05, 3.63) is 106 Å². The molecule has 5 rings (SSSR count). The molecule has 7 heteroatoms. The van der Waals surface area contributed by atoms with E-state index in [4.69, 9.17) is 32.5 Å². The second kappa shape index (κ2) is 8.00. The van der Waals surface area contributed by atoms with Gasteiger partial charge in [-0.25, -0.2) is 0 Å². The molecule has 0 radical (unpaired) electrons. The molecule has 0 unspecified atom stereocenters. The van der Waals surface area contributed by atoms with Crippen molar-refractivity contribution in [1.29, 1.82) is 0 Å². The van der Waals surface area contributed by atoms with Crippen LogP contribution in [0.15, 0.2) is 78.9 Å². The second-order valence-electron chi connectivity index (χ2n) is 7.46. The van der Waals surface area contributed by atoms with E-state index in [1.807, 2.05) is 30.3 Å². The Labute approximate surface area is 194 Å². The fraction of sp³-hybridized carbons (Fsp3) is 0. The van der Waals surface area contributed by atoms with Crippen molar-refractivity contribution >= 4 is 34.5 Å². The van der Waals surface area contributed by atoms with Gasteiger partial charge in [-0.15, -0.1) is 0 Å². The third kappa shape index (κ3) is 3.66. The molecular weight excluding hydrogens is 440 g/mol. The molecule has 4 aromatic carbocycles. The van der Waals surface area contributed by atoms with E-state index in [0.29, 0.717) is 22.3 Å². The van der Waals surface area contributed by atoms with Gasteiger partial charge in [-0.1, -0.05) is 29.8 Å². The monoisotopic (exact) mass is 456 g/mol. The summed E-state index contributed by atoms with van der Waals surface area (Å²) in [5, 5.41) is 0.343. The summed E-state index contributed by atoms with van der Waals surface area (Å²) in [6, 6.07) is 22.2. The number of nitrogens with two attached hydrogens (primary N) is 2. The van der Waals surface area contributed by atoms with Gasteiger partial charge >= 0.3 is 0 Å². The summed E-state index contributed by atoms with van der Waals surface area (Å²) in [4.78, 5) is 26.2. The number of ether oxygens (including phenoxy) is 2. The summed E-state index contributed by atoms with van der Waals surface area (Å²) < 4.78 is 11.7. The van der Waals surface area contributed by atoms with Crippen molar-refractivity contribution < 1.29 is 19.1 Å². The SMILES string of the molecule is Nc1cc(Oc2ccc(Oc3ccccc3)cc2)c(N)c2c1C(=O)c1ccc(Cl)cc1C2=O. The standard InChI is InChI=1S/C26H17ClN2O4/c27-14-6-11-18-19(12-14)26(31)23-22(25(18)30)20(28)13-21(24(23)29)33-17-9-7-16(8-10-17)32-15-4-2-1-3-5-15/h1-13H,28-29H2. The van der Waals surface area contributed by atoms with Gasteiger partial charge in [0.05, 0.1) is 16.8 Å². The predicted octanol–water partition coefficient (Wildman–Crippen LogP) is 5.86. The van der Waals surface area contributed by atoms with Crippen LogP contribution in [0.5, 0.6) is 23.0 Å². The number of carbonyl (C=O) groups is 2. The predicted molar refractivity (Wildman–Crippen MR) is 127 cm³/mol. The maximum absolute atomic E-state index is 13.2. The lowest BCUT2D eigenvalue weighted by Crippen LogP contribution is -2.24. The van der Waals surface area contributed by atoms with Gasteiger partial charge in [-0.2, -0.15) is 0 Å². The van der Waals surface area contributed by atoms with Crippen LogP contribution in [0.4, 0.5) is 11.4 Å². The molecule has 1 aliphatic carbocycles. The number of nitrogen functional groups attached to an aromatic ring is 2. The highest BCUT2D eigenvalue weighted by atomic mass is 35.5. The van der Waals surface area contributed by atoms with Gasteiger partial charge in [-0.05, 0) is 54.6 Å². The highest BCUT2D eigenvalue weighted by molar-refractivity contribution is 6.35. The molecule has 0 bridgehead atoms. The number of ketones is 2. The number of fused-ring (bicyclic) bond motifs is 2. The van der Waals surface area contributed by atoms with Crippen LogP contribution >= 0.6 is 11.6 Å². The number of hydrogen-bond donors (Lipinski definition) is 2. The van der Waals surface area contributed by atoms with Gasteiger partial charge in [0.1, 0.15) is 17.2 Å². The van der Waals surface area contributed by atoms with Crippen molar-refractivity contribution in [2.45, 2.75) is 0 Å². The third-order valence-electron chi connectivity index (χ3n) is 5.32. The highest BCUT2D eigenvalue weighted by Crippen LogP contribution is 2.41. The van der Waals surface area contributed by atoms with Gasteiger partial charge in [0, 0.05) is 27.9 Å². The smallest absolute Gasteiger partial charge is 0.196 e. The van der Waals surface area contributed by atoms with E-state index >= 15 is 0 Å². The van der Waals surface area contributed by atoms with Crippen LogP contribution in [0.2, 0.25) is 5.02 Å². The Morgan fingerprint density at radius 2 is 1.24 bits per heavy atom. The normalized spacial score (nSPS) is 12.2. The summed E-state index contributed by atoms with van der Waals surface area (Å²) >= 11 is 6.04. The molecule has 4 aromatic rings. The lowest BCUT2D eigenvalue weighted by Gasteiger charge is -2.22. The Kier molecular flexibility index (Phi) is 4.99. The molecule has 0 spiro atoms. The maximum Gasteiger partial charge on any atom is 0.196 e. The van der Waals surface area contributed by atoms with Crippen LogP contribution in [0.25, 0.3) is 0 Å². The Morgan fingerprint density at radius 3 is 1.94 bits per heavy atom. The fourth-order valence-corrected chi connectivity index (χ4v) is 3.93. The first-order valence-electron chi connectivity index (χ1n) is 10.0. The lowest BCUT2D eigenvalue weighted by molar-refractivity contribution is 0.0980. The van der Waals surface area contributed by atoms with Crippen LogP contribution < -0.4 is 20.9 Å². The van der Waals surface area contributed by atoms with Crippen LogP contribution in [0.3, 0.4) is 0 Å². The summed E-state index contributed by atoms with van der Waals surface area (Å²) in [6.45, 7) is 0. The maximum atomic E-state index is 13.2. The molecule has 1 aliphatic rings. The minimum atomic E-state index is -0.427. The van der Waals surface area contributed by atoms with E-state index < -0.39 is 5.78 Å². The van der Waals surface area contributed by atoms with Crippen molar-refractivity contribution in [2.75, 3.05) is 11.5 Å². The quantitative estimate of drug-likeness (QED) is 0.328. The van der Waals surface area contributed by atoms with Crippen molar-refractivity contribution in [3.63, 3.8) is 0 Å². The average Bonchev–Trinajstić information content (AvgIpc) is 2.81. The van der Waals surface area contributed by atoms with Gasteiger partial charge in [0.25, 0.3) is 0 Å². The van der Waals surface area contributed by atoms with Gasteiger partial charge < -0.3 is 20.9 Å². The number of anilines is 2. The van der Waals surface area contributed by atoms with E-state index in [9.17, 15) is 9.59 Å². The van der Waals surface area contributed by atoms with Crippen LogP contribution in [0, 0.1) is 0 Å². The van der Waals surface area contributed by atoms with Crippen molar-refractivity contribution in [2.24, 2.45) is 0 Å². The molecule has 0 aliphatic heterocycles. The molecule has 0 fully saturated rings. The van der Waals surface area contributed by atoms with Crippen LogP contribution in [-0.2, 0) is 0 Å². The first-order chi connectivity index (χ1) is 15.9. The number of para-hydroxylation sites is 1. The zero-order valence-corrected chi connectivity index (χ0v) is 17.9. The summed E-state index contributed by atoms with van der Waals surface area (Å²) in [7, 11) is 0. The van der Waals surface area contributed by atoms with Crippen molar-refractivity contribution in [1.82, 2.24) is 0 Å². The van der Waals surface area contributed by atoms with E-state index in [0.717, 1.165) is 0 Å². The molecular formula is C26H17ClN2O4. The van der Waals surface area contributed by atoms with Gasteiger partial charge in [0.2, 0.25) is 0 Å². The zero-order chi connectivity index (χ0) is 23.1. The molecule has 0 saturated heterocycles. The van der Waals surface area contributed by atoms with E-state index in [-0.39, 0.29) is 45.2 Å². The molecule has 162 valence electrons. The third-order valence-corrected chi connectivity index (χ3v) is 5.55. The first-order valence-corrected chi connectivity index (χ1v) is 10.4. The first kappa shape index (κ1) is 20.6. The average molecular weight is 457 g/mol. The Bertz CT molecular complexity index is 1420. The minimum absolute atomic E-state index is 0.0220. The molecule has 6 nitrogen and oxygen atoms in total. The number of rotatable bonds is 4. The lowest BCUT2D eigenvalue weighted by atomic mass is 9.82. The fourth-order valence-electron chi connectivity index (χ4n) is 3.76. The van der Waals surface area contributed by atoms with Gasteiger partial charge in [0.15, 0.2) is 17.3 Å². The zero-order valence-electron chi connectivity index (χ0n) is 17.2. The summed E-state index contributed by atoms with van der Waals surface area (Å²) in [5.74, 6) is 1.16. The largest absolute Gasteiger partial charge is 0.457 e.